The van der Waals surface area contributed by atoms with Gasteiger partial charge in [-0.05, 0) is 51.3 Å². The fourth-order valence-electron chi connectivity index (χ4n) is 3.97. The Morgan fingerprint density at radius 3 is 2.60 bits per heavy atom. The second-order valence-electron chi connectivity index (χ2n) is 6.61. The molecule has 2 heterocycles. The third-order valence-corrected chi connectivity index (χ3v) is 5.14. The average Bonchev–Trinajstić information content (AvgIpc) is 2.92. The summed E-state index contributed by atoms with van der Waals surface area (Å²) in [5.74, 6) is 1.62. The van der Waals surface area contributed by atoms with Crippen molar-refractivity contribution in [3.63, 3.8) is 0 Å². The molecule has 1 aromatic heterocycles. The van der Waals surface area contributed by atoms with E-state index in [2.05, 4.69) is 23.0 Å². The standard InChI is InChI=1S/C17H29N3/c1-2-20-17(15-8-10-18-11-9-15)13-16(19-20)12-14-6-4-3-5-7-14/h13-15,18H,2-12H2,1H3. The summed E-state index contributed by atoms with van der Waals surface area (Å²) >= 11 is 0. The molecule has 1 aromatic rings. The van der Waals surface area contributed by atoms with Crippen molar-refractivity contribution in [1.82, 2.24) is 15.1 Å². The van der Waals surface area contributed by atoms with Gasteiger partial charge < -0.3 is 5.32 Å². The molecule has 1 N–H and O–H groups in total. The number of rotatable bonds is 4. The zero-order chi connectivity index (χ0) is 13.8. The Kier molecular flexibility index (Phi) is 4.77. The van der Waals surface area contributed by atoms with Crippen LogP contribution >= 0.6 is 0 Å². The maximum absolute atomic E-state index is 4.89. The Balaban J connectivity index is 1.70. The molecule has 1 aliphatic carbocycles. The molecular weight excluding hydrogens is 246 g/mol. The summed E-state index contributed by atoms with van der Waals surface area (Å²) in [6.45, 7) is 5.57. The lowest BCUT2D eigenvalue weighted by Gasteiger charge is -2.23. The summed E-state index contributed by atoms with van der Waals surface area (Å²) in [7, 11) is 0. The Labute approximate surface area is 123 Å². The first-order chi connectivity index (χ1) is 9.86. The van der Waals surface area contributed by atoms with E-state index in [1.54, 1.807) is 0 Å². The quantitative estimate of drug-likeness (QED) is 0.911. The molecule has 1 saturated heterocycles. The lowest BCUT2D eigenvalue weighted by Crippen LogP contribution is -2.27. The van der Waals surface area contributed by atoms with E-state index in [4.69, 9.17) is 5.10 Å². The highest BCUT2D eigenvalue weighted by atomic mass is 15.3. The van der Waals surface area contributed by atoms with Crippen LogP contribution in [0.5, 0.6) is 0 Å². The number of hydrogen-bond donors (Lipinski definition) is 1. The van der Waals surface area contributed by atoms with Crippen molar-refractivity contribution in [1.29, 1.82) is 0 Å². The van der Waals surface area contributed by atoms with Gasteiger partial charge in [0.25, 0.3) is 0 Å². The van der Waals surface area contributed by atoms with Gasteiger partial charge in [0, 0.05) is 18.2 Å². The van der Waals surface area contributed by atoms with Crippen LogP contribution in [0.15, 0.2) is 6.07 Å². The molecule has 112 valence electrons. The molecule has 2 aliphatic rings. The molecule has 0 amide bonds. The van der Waals surface area contributed by atoms with E-state index < -0.39 is 0 Å². The van der Waals surface area contributed by atoms with E-state index in [9.17, 15) is 0 Å². The molecule has 0 radical (unpaired) electrons. The average molecular weight is 275 g/mol. The molecule has 0 spiro atoms. The van der Waals surface area contributed by atoms with Gasteiger partial charge >= 0.3 is 0 Å². The summed E-state index contributed by atoms with van der Waals surface area (Å²) in [6, 6.07) is 2.42. The second kappa shape index (κ2) is 6.75. The topological polar surface area (TPSA) is 29.9 Å². The number of aryl methyl sites for hydroxylation is 1. The van der Waals surface area contributed by atoms with Crippen molar-refractivity contribution >= 4 is 0 Å². The van der Waals surface area contributed by atoms with Crippen molar-refractivity contribution in [2.45, 2.75) is 70.8 Å². The van der Waals surface area contributed by atoms with E-state index in [1.807, 2.05) is 0 Å². The molecule has 1 saturated carbocycles. The molecule has 0 bridgehead atoms. The fraction of sp³-hybridized carbons (Fsp3) is 0.824. The van der Waals surface area contributed by atoms with Gasteiger partial charge in [-0.2, -0.15) is 5.10 Å². The van der Waals surface area contributed by atoms with Crippen LogP contribution in [-0.4, -0.2) is 22.9 Å². The van der Waals surface area contributed by atoms with Gasteiger partial charge in [0.1, 0.15) is 0 Å². The van der Waals surface area contributed by atoms with E-state index in [0.29, 0.717) is 0 Å². The van der Waals surface area contributed by atoms with Crippen molar-refractivity contribution in [2.75, 3.05) is 13.1 Å². The summed E-state index contributed by atoms with van der Waals surface area (Å²) < 4.78 is 2.27. The van der Waals surface area contributed by atoms with E-state index in [0.717, 1.165) is 31.5 Å². The third-order valence-electron chi connectivity index (χ3n) is 5.14. The van der Waals surface area contributed by atoms with E-state index in [-0.39, 0.29) is 0 Å². The predicted octanol–water partition coefficient (Wildman–Crippen LogP) is 3.49. The van der Waals surface area contributed by atoms with Crippen molar-refractivity contribution in [3.8, 4) is 0 Å². The van der Waals surface area contributed by atoms with Crippen LogP contribution in [0.25, 0.3) is 0 Å². The van der Waals surface area contributed by atoms with Crippen molar-refractivity contribution in [3.05, 3.63) is 17.5 Å². The van der Waals surface area contributed by atoms with Gasteiger partial charge in [-0.3, -0.25) is 4.68 Å². The van der Waals surface area contributed by atoms with Crippen molar-refractivity contribution in [2.24, 2.45) is 5.92 Å². The Morgan fingerprint density at radius 1 is 1.15 bits per heavy atom. The number of piperidine rings is 1. The van der Waals surface area contributed by atoms with Gasteiger partial charge in [0.2, 0.25) is 0 Å². The van der Waals surface area contributed by atoms with Crippen LogP contribution < -0.4 is 5.32 Å². The lowest BCUT2D eigenvalue weighted by molar-refractivity contribution is 0.353. The van der Waals surface area contributed by atoms with Crippen LogP contribution in [-0.2, 0) is 13.0 Å². The number of nitrogens with zero attached hydrogens (tertiary/aromatic N) is 2. The molecule has 3 heteroatoms. The lowest BCUT2D eigenvalue weighted by atomic mass is 9.86. The molecule has 3 rings (SSSR count). The molecular formula is C17H29N3. The maximum Gasteiger partial charge on any atom is 0.0630 e. The van der Waals surface area contributed by atoms with Gasteiger partial charge in [-0.25, -0.2) is 0 Å². The maximum atomic E-state index is 4.89. The smallest absolute Gasteiger partial charge is 0.0630 e. The van der Waals surface area contributed by atoms with Crippen LogP contribution in [0, 0.1) is 5.92 Å². The summed E-state index contributed by atoms with van der Waals surface area (Å²) in [4.78, 5) is 0. The zero-order valence-electron chi connectivity index (χ0n) is 12.9. The van der Waals surface area contributed by atoms with Crippen molar-refractivity contribution < 1.29 is 0 Å². The van der Waals surface area contributed by atoms with Gasteiger partial charge in [0.15, 0.2) is 0 Å². The highest BCUT2D eigenvalue weighted by Gasteiger charge is 2.22. The van der Waals surface area contributed by atoms with Gasteiger partial charge in [-0.15, -0.1) is 0 Å². The summed E-state index contributed by atoms with van der Waals surface area (Å²) in [5.41, 5.74) is 2.85. The molecule has 0 unspecified atom stereocenters. The minimum absolute atomic E-state index is 0.726. The molecule has 2 fully saturated rings. The largest absolute Gasteiger partial charge is 0.317 e. The minimum atomic E-state index is 0.726. The van der Waals surface area contributed by atoms with Crippen LogP contribution in [0.4, 0.5) is 0 Å². The zero-order valence-corrected chi connectivity index (χ0v) is 12.9. The number of nitrogens with one attached hydrogen (secondary N) is 1. The third kappa shape index (κ3) is 3.25. The SMILES string of the molecule is CCn1nc(CC2CCCCC2)cc1C1CCNCC1. The number of hydrogen-bond acceptors (Lipinski definition) is 2. The Hall–Kier alpha value is -0.830. The number of aromatic nitrogens is 2. The van der Waals surface area contributed by atoms with Gasteiger partial charge in [-0.1, -0.05) is 32.1 Å². The first kappa shape index (κ1) is 14.1. The second-order valence-corrected chi connectivity index (χ2v) is 6.61. The van der Waals surface area contributed by atoms with Crippen LogP contribution in [0.3, 0.4) is 0 Å². The normalized spacial score (nSPS) is 22.2. The van der Waals surface area contributed by atoms with E-state index >= 15 is 0 Å². The predicted molar refractivity (Wildman–Crippen MR) is 83.0 cm³/mol. The Morgan fingerprint density at radius 2 is 1.90 bits per heavy atom. The van der Waals surface area contributed by atoms with Crippen LogP contribution in [0.2, 0.25) is 0 Å². The monoisotopic (exact) mass is 275 g/mol. The van der Waals surface area contributed by atoms with E-state index in [1.165, 1.54) is 62.8 Å². The molecule has 1 aliphatic heterocycles. The highest BCUT2D eigenvalue weighted by Crippen LogP contribution is 2.29. The minimum Gasteiger partial charge on any atom is -0.317 e. The molecule has 20 heavy (non-hydrogen) atoms. The molecule has 0 aromatic carbocycles. The highest BCUT2D eigenvalue weighted by molar-refractivity contribution is 5.16. The first-order valence-electron chi connectivity index (χ1n) is 8.64. The Bertz CT molecular complexity index is 412. The fourth-order valence-corrected chi connectivity index (χ4v) is 3.97. The van der Waals surface area contributed by atoms with Crippen LogP contribution in [0.1, 0.15) is 69.2 Å². The molecule has 0 atom stereocenters. The first-order valence-corrected chi connectivity index (χ1v) is 8.64. The van der Waals surface area contributed by atoms with Gasteiger partial charge in [0.05, 0.1) is 5.69 Å². The summed E-state index contributed by atoms with van der Waals surface area (Å²) in [5, 5.41) is 8.36. The summed E-state index contributed by atoms with van der Waals surface area (Å²) in [6.07, 6.45) is 10.9. The molecule has 3 nitrogen and oxygen atoms in total.